The maximum atomic E-state index is 11.9. The Kier molecular flexibility index (Phi) is 2.79. The Balaban J connectivity index is 1.77. The van der Waals surface area contributed by atoms with E-state index in [1.54, 1.807) is 30.5 Å². The number of carbonyl (C=O) groups excluding carboxylic acids is 1. The summed E-state index contributed by atoms with van der Waals surface area (Å²) in [6, 6.07) is 8.86. The molecule has 3 rings (SSSR count). The van der Waals surface area contributed by atoms with Crippen LogP contribution in [0.25, 0.3) is 11.1 Å². The third-order valence-electron chi connectivity index (χ3n) is 2.74. The second-order valence-electron chi connectivity index (χ2n) is 4.21. The van der Waals surface area contributed by atoms with Gasteiger partial charge in [0.15, 0.2) is 11.3 Å². The minimum absolute atomic E-state index is 0.250. The fourth-order valence-corrected chi connectivity index (χ4v) is 1.81. The Bertz CT molecular complexity index is 713. The molecule has 0 spiro atoms. The monoisotopic (exact) mass is 256 g/mol. The van der Waals surface area contributed by atoms with Crippen molar-refractivity contribution in [2.24, 2.45) is 0 Å². The second-order valence-corrected chi connectivity index (χ2v) is 4.21. The Hall–Kier alpha value is -2.56. The molecule has 0 aliphatic carbocycles. The average molecular weight is 256 g/mol. The molecule has 0 unspecified atom stereocenters. The lowest BCUT2D eigenvalue weighted by Crippen LogP contribution is -2.21. The zero-order valence-electron chi connectivity index (χ0n) is 10.3. The van der Waals surface area contributed by atoms with Crippen molar-refractivity contribution in [2.75, 3.05) is 0 Å². The number of pyridine rings is 1. The summed E-state index contributed by atoms with van der Waals surface area (Å²) in [4.78, 5) is 16.2. The van der Waals surface area contributed by atoms with Gasteiger partial charge in [-0.15, -0.1) is 0 Å². The molecule has 5 nitrogen and oxygen atoms in total. The Morgan fingerprint density at radius 1 is 1.37 bits per heavy atom. The maximum absolute atomic E-state index is 11.9. The number of carbonyl (C=O) groups is 1. The third-order valence-corrected chi connectivity index (χ3v) is 2.74. The van der Waals surface area contributed by atoms with E-state index >= 15 is 0 Å². The van der Waals surface area contributed by atoms with Crippen molar-refractivity contribution < 1.29 is 13.6 Å². The molecule has 1 N–H and O–H groups in total. The van der Waals surface area contributed by atoms with Gasteiger partial charge in [-0.1, -0.05) is 0 Å². The fourth-order valence-electron chi connectivity index (χ4n) is 1.81. The van der Waals surface area contributed by atoms with Gasteiger partial charge >= 0.3 is 0 Å². The number of amides is 1. The third kappa shape index (κ3) is 2.35. The van der Waals surface area contributed by atoms with Gasteiger partial charge in [0.25, 0.3) is 5.91 Å². The average Bonchev–Trinajstić information content (AvgIpc) is 3.04. The molecule has 5 heteroatoms. The first kappa shape index (κ1) is 11.5. The van der Waals surface area contributed by atoms with E-state index in [1.165, 1.54) is 0 Å². The molecule has 0 saturated heterocycles. The Morgan fingerprint density at radius 2 is 2.26 bits per heavy atom. The summed E-state index contributed by atoms with van der Waals surface area (Å²) in [5.41, 5.74) is 2.17. The molecule has 0 aromatic carbocycles. The molecule has 3 aromatic rings. The van der Waals surface area contributed by atoms with Crippen molar-refractivity contribution in [2.45, 2.75) is 13.5 Å². The molecule has 3 heterocycles. The molecule has 0 radical (unpaired) electrons. The van der Waals surface area contributed by atoms with Crippen molar-refractivity contribution in [1.82, 2.24) is 10.3 Å². The molecule has 0 fully saturated rings. The summed E-state index contributed by atoms with van der Waals surface area (Å²) in [5, 5.41) is 2.72. The number of nitrogens with one attached hydrogen (secondary N) is 1. The summed E-state index contributed by atoms with van der Waals surface area (Å²) in [5.74, 6) is 0.658. The summed E-state index contributed by atoms with van der Waals surface area (Å²) < 4.78 is 10.6. The predicted octanol–water partition coefficient (Wildman–Crippen LogP) is 2.66. The minimum Gasteiger partial charge on any atom is -0.467 e. The molecule has 0 bridgehead atoms. The molecule has 0 atom stereocenters. The summed E-state index contributed by atoms with van der Waals surface area (Å²) in [7, 11) is 0. The van der Waals surface area contributed by atoms with E-state index in [9.17, 15) is 4.79 Å². The number of aryl methyl sites for hydroxylation is 1. The molecule has 0 saturated carbocycles. The van der Waals surface area contributed by atoms with E-state index in [0.29, 0.717) is 23.4 Å². The van der Waals surface area contributed by atoms with E-state index in [-0.39, 0.29) is 11.7 Å². The SMILES string of the molecule is Cc1ccc2oc(C(=O)NCc3ccco3)cc2n1. The van der Waals surface area contributed by atoms with Crippen LogP contribution in [0.5, 0.6) is 0 Å². The second kappa shape index (κ2) is 4.61. The van der Waals surface area contributed by atoms with Crippen molar-refractivity contribution in [1.29, 1.82) is 0 Å². The van der Waals surface area contributed by atoms with Gasteiger partial charge in [0.05, 0.1) is 12.8 Å². The van der Waals surface area contributed by atoms with Crippen LogP contribution in [0.3, 0.4) is 0 Å². The smallest absolute Gasteiger partial charge is 0.287 e. The van der Waals surface area contributed by atoms with Gasteiger partial charge in [0.2, 0.25) is 0 Å². The Labute approximate surface area is 109 Å². The van der Waals surface area contributed by atoms with E-state index < -0.39 is 0 Å². The molecule has 96 valence electrons. The highest BCUT2D eigenvalue weighted by molar-refractivity contribution is 5.95. The molecule has 3 aromatic heterocycles. The van der Waals surface area contributed by atoms with Crippen LogP contribution >= 0.6 is 0 Å². The van der Waals surface area contributed by atoms with E-state index in [4.69, 9.17) is 8.83 Å². The standard InChI is InChI=1S/C14H12N2O3/c1-9-4-5-12-11(16-9)7-13(19-12)14(17)15-8-10-3-2-6-18-10/h2-7H,8H2,1H3,(H,15,17). The summed E-state index contributed by atoms with van der Waals surface area (Å²) in [6.45, 7) is 2.22. The number of furan rings is 2. The number of hydrogen-bond acceptors (Lipinski definition) is 4. The molecule has 0 aliphatic heterocycles. The van der Waals surface area contributed by atoms with Crippen LogP contribution in [0.15, 0.2) is 45.4 Å². The zero-order valence-corrected chi connectivity index (χ0v) is 10.3. The van der Waals surface area contributed by atoms with E-state index in [2.05, 4.69) is 10.3 Å². The van der Waals surface area contributed by atoms with E-state index in [1.807, 2.05) is 13.0 Å². The highest BCUT2D eigenvalue weighted by Crippen LogP contribution is 2.17. The lowest BCUT2D eigenvalue weighted by molar-refractivity contribution is 0.0922. The molecule has 0 aliphatic rings. The van der Waals surface area contributed by atoms with Gasteiger partial charge in [-0.25, -0.2) is 4.98 Å². The summed E-state index contributed by atoms with van der Waals surface area (Å²) >= 11 is 0. The number of rotatable bonds is 3. The van der Waals surface area contributed by atoms with E-state index in [0.717, 1.165) is 5.69 Å². The van der Waals surface area contributed by atoms with Crippen LogP contribution in [-0.4, -0.2) is 10.9 Å². The molecular weight excluding hydrogens is 244 g/mol. The van der Waals surface area contributed by atoms with Gasteiger partial charge in [-0.2, -0.15) is 0 Å². The number of aromatic nitrogens is 1. The highest BCUT2D eigenvalue weighted by atomic mass is 16.3. The number of fused-ring (bicyclic) bond motifs is 1. The van der Waals surface area contributed by atoms with Crippen LogP contribution in [0.1, 0.15) is 22.0 Å². The topological polar surface area (TPSA) is 68.3 Å². The van der Waals surface area contributed by atoms with Crippen LogP contribution in [-0.2, 0) is 6.54 Å². The lowest BCUT2D eigenvalue weighted by Gasteiger charge is -1.99. The molecular formula is C14H12N2O3. The fraction of sp³-hybridized carbons (Fsp3) is 0.143. The van der Waals surface area contributed by atoms with Gasteiger partial charge in [-0.3, -0.25) is 4.79 Å². The first-order valence-electron chi connectivity index (χ1n) is 5.90. The predicted molar refractivity (Wildman–Crippen MR) is 68.6 cm³/mol. The van der Waals surface area contributed by atoms with Gasteiger partial charge in [0.1, 0.15) is 11.3 Å². The van der Waals surface area contributed by atoms with Crippen LogP contribution in [0.4, 0.5) is 0 Å². The van der Waals surface area contributed by atoms with Crippen LogP contribution in [0.2, 0.25) is 0 Å². The molecule has 19 heavy (non-hydrogen) atoms. The zero-order chi connectivity index (χ0) is 13.2. The minimum atomic E-state index is -0.285. The van der Waals surface area contributed by atoms with Crippen molar-refractivity contribution in [3.8, 4) is 0 Å². The van der Waals surface area contributed by atoms with Gasteiger partial charge < -0.3 is 14.2 Å². The molecule has 1 amide bonds. The van der Waals surface area contributed by atoms with Crippen molar-refractivity contribution >= 4 is 17.0 Å². The van der Waals surface area contributed by atoms with Crippen molar-refractivity contribution in [3.63, 3.8) is 0 Å². The van der Waals surface area contributed by atoms with Crippen LogP contribution < -0.4 is 5.32 Å². The largest absolute Gasteiger partial charge is 0.467 e. The normalized spacial score (nSPS) is 10.8. The van der Waals surface area contributed by atoms with Gasteiger partial charge in [0, 0.05) is 11.8 Å². The summed E-state index contributed by atoms with van der Waals surface area (Å²) in [6.07, 6.45) is 1.56. The number of hydrogen-bond donors (Lipinski definition) is 1. The first-order valence-corrected chi connectivity index (χ1v) is 5.90. The maximum Gasteiger partial charge on any atom is 0.287 e. The number of nitrogens with zero attached hydrogens (tertiary/aromatic N) is 1. The Morgan fingerprint density at radius 3 is 3.05 bits per heavy atom. The van der Waals surface area contributed by atoms with Crippen molar-refractivity contribution in [3.05, 3.63) is 53.8 Å². The van der Waals surface area contributed by atoms with Crippen LogP contribution in [0, 0.1) is 6.92 Å². The quantitative estimate of drug-likeness (QED) is 0.782. The first-order chi connectivity index (χ1) is 9.22. The highest BCUT2D eigenvalue weighted by Gasteiger charge is 2.13. The lowest BCUT2D eigenvalue weighted by atomic mass is 10.3. The van der Waals surface area contributed by atoms with Gasteiger partial charge in [-0.05, 0) is 31.2 Å².